The molecular formula is C40H32N2S. The van der Waals surface area contributed by atoms with Crippen molar-refractivity contribution in [1.82, 2.24) is 4.57 Å². The second-order valence-corrected chi connectivity index (χ2v) is 14.0. The first-order valence-electron chi connectivity index (χ1n) is 15.1. The van der Waals surface area contributed by atoms with Gasteiger partial charge in [0.15, 0.2) is 0 Å². The van der Waals surface area contributed by atoms with E-state index in [1.54, 1.807) is 0 Å². The molecule has 0 radical (unpaired) electrons. The predicted octanol–water partition coefficient (Wildman–Crippen LogP) is 11.3. The maximum Gasteiger partial charge on any atom is 0.108 e. The lowest BCUT2D eigenvalue weighted by Crippen LogP contribution is -2.31. The number of aromatic nitrogens is 1. The highest BCUT2D eigenvalue weighted by Gasteiger charge is 2.39. The van der Waals surface area contributed by atoms with Crippen LogP contribution in [0.2, 0.25) is 0 Å². The van der Waals surface area contributed by atoms with Crippen LogP contribution in [0.5, 0.6) is 0 Å². The molecule has 0 amide bonds. The number of fused-ring (bicyclic) bond motifs is 8. The molecule has 0 saturated heterocycles. The van der Waals surface area contributed by atoms with Crippen molar-refractivity contribution in [3.05, 3.63) is 143 Å². The maximum atomic E-state index is 2.49. The van der Waals surface area contributed by atoms with Crippen LogP contribution in [0.1, 0.15) is 49.9 Å². The Morgan fingerprint density at radius 3 is 2.05 bits per heavy atom. The standard InChI is InChI=1S/C40H32N2S/c1-39(2)31-13-7-5-11-27(31)28-19-17-25(23-33(28)39)41-36-16-10-8-14-32(36)40(3,4)34-24-26(18-20-37(34)41)42-35-15-9-6-12-29(35)30-21-22-43-38(30)42/h5-24H,1-4H3. The first-order chi connectivity index (χ1) is 20.9. The summed E-state index contributed by atoms with van der Waals surface area (Å²) in [6.45, 7) is 9.48. The van der Waals surface area contributed by atoms with Crippen LogP contribution in [0.4, 0.5) is 17.1 Å². The van der Waals surface area contributed by atoms with Gasteiger partial charge in [-0.25, -0.2) is 0 Å². The first kappa shape index (κ1) is 24.9. The molecular weight excluding hydrogens is 541 g/mol. The van der Waals surface area contributed by atoms with Crippen LogP contribution in [-0.4, -0.2) is 4.57 Å². The Hall–Kier alpha value is -4.60. The molecule has 7 aromatic rings. The highest BCUT2D eigenvalue weighted by molar-refractivity contribution is 7.17. The molecule has 5 aromatic carbocycles. The van der Waals surface area contributed by atoms with Gasteiger partial charge in [-0.1, -0.05) is 94.4 Å². The number of hydrogen-bond donors (Lipinski definition) is 0. The van der Waals surface area contributed by atoms with E-state index in [1.807, 2.05) is 11.3 Å². The summed E-state index contributed by atoms with van der Waals surface area (Å²) in [5, 5.41) is 4.84. The SMILES string of the molecule is CC1(C)c2ccccc2-c2ccc(N3c4ccccc4C(C)(C)c4cc(-n5c6ccccc6c6ccsc65)ccc43)cc21. The molecule has 3 heteroatoms. The average Bonchev–Trinajstić information content (AvgIpc) is 3.68. The molecule has 208 valence electrons. The summed E-state index contributed by atoms with van der Waals surface area (Å²) in [5.41, 5.74) is 14.2. The summed E-state index contributed by atoms with van der Waals surface area (Å²) < 4.78 is 2.45. The maximum absolute atomic E-state index is 2.49. The van der Waals surface area contributed by atoms with Crippen LogP contribution in [0, 0.1) is 0 Å². The third-order valence-corrected chi connectivity index (χ3v) is 11.0. The van der Waals surface area contributed by atoms with Crippen molar-refractivity contribution in [1.29, 1.82) is 0 Å². The van der Waals surface area contributed by atoms with Crippen molar-refractivity contribution in [2.75, 3.05) is 4.90 Å². The van der Waals surface area contributed by atoms with Crippen LogP contribution in [0.25, 0.3) is 37.9 Å². The number of hydrogen-bond acceptors (Lipinski definition) is 2. The van der Waals surface area contributed by atoms with Crippen molar-refractivity contribution in [2.24, 2.45) is 0 Å². The predicted molar refractivity (Wildman–Crippen MR) is 183 cm³/mol. The normalized spacial score (nSPS) is 15.8. The van der Waals surface area contributed by atoms with E-state index in [-0.39, 0.29) is 10.8 Å². The Morgan fingerprint density at radius 1 is 0.512 bits per heavy atom. The number of anilines is 3. The van der Waals surface area contributed by atoms with Gasteiger partial charge in [-0.2, -0.15) is 0 Å². The lowest BCUT2D eigenvalue weighted by atomic mass is 9.73. The molecule has 2 nitrogen and oxygen atoms in total. The molecule has 0 bridgehead atoms. The highest BCUT2D eigenvalue weighted by Crippen LogP contribution is 2.55. The molecule has 2 aliphatic rings. The molecule has 0 saturated carbocycles. The number of thiophene rings is 1. The first-order valence-corrected chi connectivity index (χ1v) is 16.0. The van der Waals surface area contributed by atoms with Crippen molar-refractivity contribution in [2.45, 2.75) is 38.5 Å². The van der Waals surface area contributed by atoms with E-state index in [4.69, 9.17) is 0 Å². The Balaban J connectivity index is 1.28. The Morgan fingerprint density at radius 2 is 1.16 bits per heavy atom. The molecule has 0 atom stereocenters. The third-order valence-electron chi connectivity index (χ3n) is 10.1. The molecule has 2 aromatic heterocycles. The van der Waals surface area contributed by atoms with E-state index in [1.165, 1.54) is 77.2 Å². The van der Waals surface area contributed by atoms with E-state index in [0.29, 0.717) is 0 Å². The van der Waals surface area contributed by atoms with Crippen molar-refractivity contribution in [3.63, 3.8) is 0 Å². The number of nitrogens with zero attached hydrogens (tertiary/aromatic N) is 2. The molecule has 1 aliphatic carbocycles. The molecule has 0 N–H and O–H groups in total. The van der Waals surface area contributed by atoms with E-state index in [2.05, 4.69) is 158 Å². The Bertz CT molecular complexity index is 2260. The topological polar surface area (TPSA) is 8.17 Å². The number of para-hydroxylation sites is 2. The third kappa shape index (κ3) is 3.23. The minimum Gasteiger partial charge on any atom is -0.310 e. The Labute approximate surface area is 256 Å². The zero-order valence-electron chi connectivity index (χ0n) is 24.8. The molecule has 0 unspecified atom stereocenters. The van der Waals surface area contributed by atoms with Crippen LogP contribution < -0.4 is 4.90 Å². The zero-order valence-corrected chi connectivity index (χ0v) is 25.7. The van der Waals surface area contributed by atoms with Crippen LogP contribution >= 0.6 is 11.3 Å². The summed E-state index contributed by atoms with van der Waals surface area (Å²) in [4.78, 5) is 3.79. The second kappa shape index (κ2) is 8.49. The quantitative estimate of drug-likeness (QED) is 0.200. The summed E-state index contributed by atoms with van der Waals surface area (Å²) in [7, 11) is 0. The van der Waals surface area contributed by atoms with E-state index < -0.39 is 0 Å². The summed E-state index contributed by atoms with van der Waals surface area (Å²) in [5.74, 6) is 0. The average molecular weight is 573 g/mol. The van der Waals surface area contributed by atoms with Crippen molar-refractivity contribution in [3.8, 4) is 16.8 Å². The van der Waals surface area contributed by atoms with Gasteiger partial charge in [0.25, 0.3) is 0 Å². The largest absolute Gasteiger partial charge is 0.310 e. The fourth-order valence-electron chi connectivity index (χ4n) is 7.88. The van der Waals surface area contributed by atoms with Crippen LogP contribution in [0.3, 0.4) is 0 Å². The lowest BCUT2D eigenvalue weighted by molar-refractivity contribution is 0.631. The number of benzene rings is 5. The number of rotatable bonds is 2. The summed E-state index contributed by atoms with van der Waals surface area (Å²) in [6.07, 6.45) is 0. The van der Waals surface area contributed by atoms with Crippen LogP contribution in [0.15, 0.2) is 121 Å². The minimum atomic E-state index is -0.164. The highest BCUT2D eigenvalue weighted by atomic mass is 32.1. The summed E-state index contributed by atoms with van der Waals surface area (Å²) >= 11 is 1.82. The van der Waals surface area contributed by atoms with E-state index in [0.717, 1.165) is 0 Å². The zero-order chi connectivity index (χ0) is 29.1. The fraction of sp³-hybridized carbons (Fsp3) is 0.150. The van der Waals surface area contributed by atoms with Crippen LogP contribution in [-0.2, 0) is 10.8 Å². The molecule has 43 heavy (non-hydrogen) atoms. The van der Waals surface area contributed by atoms with Gasteiger partial charge >= 0.3 is 0 Å². The lowest BCUT2D eigenvalue weighted by Gasteiger charge is -2.42. The molecule has 1 aliphatic heterocycles. The Kier molecular flexibility index (Phi) is 4.93. The fourth-order valence-corrected chi connectivity index (χ4v) is 8.83. The second-order valence-electron chi connectivity index (χ2n) is 13.1. The van der Waals surface area contributed by atoms with E-state index in [9.17, 15) is 0 Å². The molecule has 3 heterocycles. The van der Waals surface area contributed by atoms with Gasteiger partial charge < -0.3 is 9.47 Å². The molecule has 0 spiro atoms. The van der Waals surface area contributed by atoms with E-state index >= 15 is 0 Å². The smallest absolute Gasteiger partial charge is 0.108 e. The van der Waals surface area contributed by atoms with Gasteiger partial charge in [0.05, 0.1) is 16.9 Å². The van der Waals surface area contributed by atoms with Crippen molar-refractivity contribution < 1.29 is 0 Å². The minimum absolute atomic E-state index is 0.0508. The van der Waals surface area contributed by atoms with Gasteiger partial charge in [-0.05, 0) is 87.3 Å². The van der Waals surface area contributed by atoms with Gasteiger partial charge in [0.1, 0.15) is 4.83 Å². The van der Waals surface area contributed by atoms with Crippen molar-refractivity contribution >= 4 is 49.5 Å². The monoisotopic (exact) mass is 572 g/mol. The summed E-state index contributed by atoms with van der Waals surface area (Å²) in [6, 6.07) is 43.1. The van der Waals surface area contributed by atoms with Gasteiger partial charge in [-0.15, -0.1) is 11.3 Å². The van der Waals surface area contributed by atoms with Gasteiger partial charge in [0.2, 0.25) is 0 Å². The van der Waals surface area contributed by atoms with Gasteiger partial charge in [0, 0.05) is 33.0 Å². The molecule has 9 rings (SSSR count). The van der Waals surface area contributed by atoms with Gasteiger partial charge in [-0.3, -0.25) is 0 Å². The molecule has 0 fully saturated rings.